The fourth-order valence-corrected chi connectivity index (χ4v) is 2.65. The fourth-order valence-electron chi connectivity index (χ4n) is 2.65. The molecule has 0 aliphatic rings. The normalized spacial score (nSPS) is 12.0. The predicted molar refractivity (Wildman–Crippen MR) is 98.1 cm³/mol. The second-order valence-corrected chi connectivity index (χ2v) is 6.10. The lowest BCUT2D eigenvalue weighted by Gasteiger charge is -2.14. The van der Waals surface area contributed by atoms with E-state index in [2.05, 4.69) is 0 Å². The van der Waals surface area contributed by atoms with Gasteiger partial charge in [0.25, 0.3) is 0 Å². The summed E-state index contributed by atoms with van der Waals surface area (Å²) >= 11 is 0. The Labute approximate surface area is 155 Å². The Kier molecular flexibility index (Phi) is 5.54. The molecule has 5 nitrogen and oxygen atoms in total. The van der Waals surface area contributed by atoms with Gasteiger partial charge in [-0.2, -0.15) is 0 Å². The molecule has 0 bridgehead atoms. The molecule has 140 valence electrons. The first-order chi connectivity index (χ1) is 13.0. The molecule has 0 unspecified atom stereocenters. The highest BCUT2D eigenvalue weighted by molar-refractivity contribution is 5.81. The molecule has 3 rings (SSSR count). The van der Waals surface area contributed by atoms with Crippen LogP contribution in [-0.2, 0) is 22.6 Å². The molecule has 1 atom stereocenters. The van der Waals surface area contributed by atoms with Crippen LogP contribution < -0.4 is 10.4 Å². The van der Waals surface area contributed by atoms with Gasteiger partial charge in [0.05, 0.1) is 0 Å². The number of hydrogen-bond donors (Lipinski definition) is 0. The zero-order valence-corrected chi connectivity index (χ0v) is 15.0. The zero-order valence-electron chi connectivity index (χ0n) is 15.0. The number of aryl methyl sites for hydroxylation is 1. The van der Waals surface area contributed by atoms with Gasteiger partial charge < -0.3 is 13.9 Å². The Morgan fingerprint density at radius 1 is 1.15 bits per heavy atom. The van der Waals surface area contributed by atoms with E-state index in [1.165, 1.54) is 37.3 Å². The fraction of sp³-hybridized carbons (Fsp3) is 0.238. The van der Waals surface area contributed by atoms with Crippen molar-refractivity contribution in [3.8, 4) is 5.75 Å². The van der Waals surface area contributed by atoms with Crippen molar-refractivity contribution >= 4 is 16.9 Å². The smallest absolute Gasteiger partial charge is 0.347 e. The van der Waals surface area contributed by atoms with Gasteiger partial charge in [0, 0.05) is 17.0 Å². The highest BCUT2D eigenvalue weighted by atomic mass is 19.1. The van der Waals surface area contributed by atoms with Gasteiger partial charge in [-0.15, -0.1) is 0 Å². The largest absolute Gasteiger partial charge is 0.479 e. The summed E-state index contributed by atoms with van der Waals surface area (Å²) in [6, 6.07) is 12.3. The zero-order chi connectivity index (χ0) is 19.4. The highest BCUT2D eigenvalue weighted by Crippen LogP contribution is 2.20. The van der Waals surface area contributed by atoms with E-state index < -0.39 is 23.5 Å². The third-order valence-electron chi connectivity index (χ3n) is 4.13. The number of rotatable bonds is 6. The molecule has 0 fully saturated rings. The van der Waals surface area contributed by atoms with Crippen LogP contribution in [-0.4, -0.2) is 12.1 Å². The lowest BCUT2D eigenvalue weighted by molar-refractivity contribution is -0.152. The van der Waals surface area contributed by atoms with Crippen LogP contribution in [0.15, 0.2) is 57.7 Å². The van der Waals surface area contributed by atoms with Crippen LogP contribution >= 0.6 is 0 Å². The summed E-state index contributed by atoms with van der Waals surface area (Å²) in [6.07, 6.45) is -0.0644. The van der Waals surface area contributed by atoms with E-state index in [-0.39, 0.29) is 6.61 Å². The molecule has 0 aliphatic carbocycles. The molecule has 0 radical (unpaired) electrons. The van der Waals surface area contributed by atoms with Gasteiger partial charge in [-0.25, -0.2) is 14.0 Å². The Morgan fingerprint density at radius 2 is 1.89 bits per heavy atom. The molecular weight excluding hydrogens is 351 g/mol. The van der Waals surface area contributed by atoms with Crippen molar-refractivity contribution in [1.82, 2.24) is 0 Å². The number of esters is 1. The second kappa shape index (κ2) is 8.03. The minimum atomic E-state index is -0.881. The monoisotopic (exact) mass is 370 g/mol. The van der Waals surface area contributed by atoms with Crippen LogP contribution in [0.3, 0.4) is 0 Å². The Balaban J connectivity index is 1.71. The van der Waals surface area contributed by atoms with Gasteiger partial charge >= 0.3 is 11.6 Å². The maximum atomic E-state index is 12.9. The first-order valence-electron chi connectivity index (χ1n) is 8.61. The van der Waals surface area contributed by atoms with Gasteiger partial charge in [-0.3, -0.25) is 0 Å². The third-order valence-corrected chi connectivity index (χ3v) is 4.13. The number of carbonyl (C=O) groups is 1. The maximum Gasteiger partial charge on any atom is 0.347 e. The molecule has 2 aromatic carbocycles. The van der Waals surface area contributed by atoms with Crippen LogP contribution in [0.2, 0.25) is 0 Å². The standard InChI is InChI=1S/C21H19FO5/c1-3-14-4-9-18-15(11-20(23)27-19(18)10-14)12-25-21(24)13(2)26-17-7-5-16(22)6-8-17/h4-11,13H,3,12H2,1-2H3/t13-/m0/s1. The SMILES string of the molecule is CCc1ccc2c(COC(=O)[C@H](C)Oc3ccc(F)cc3)cc(=O)oc2c1. The van der Waals surface area contributed by atoms with E-state index in [0.717, 1.165) is 12.0 Å². The van der Waals surface area contributed by atoms with E-state index >= 15 is 0 Å². The Bertz CT molecular complexity index is 1010. The predicted octanol–water partition coefficient (Wildman–Crippen LogP) is 4.01. The average molecular weight is 370 g/mol. The summed E-state index contributed by atoms with van der Waals surface area (Å²) in [7, 11) is 0. The number of halogens is 1. The number of benzene rings is 2. The van der Waals surface area contributed by atoms with Crippen LogP contribution in [0.25, 0.3) is 11.0 Å². The van der Waals surface area contributed by atoms with E-state index in [9.17, 15) is 14.0 Å². The van der Waals surface area contributed by atoms with Crippen molar-refractivity contribution in [2.45, 2.75) is 33.0 Å². The van der Waals surface area contributed by atoms with Gasteiger partial charge in [-0.05, 0) is 49.2 Å². The van der Waals surface area contributed by atoms with Crippen molar-refractivity contribution < 1.29 is 23.1 Å². The first-order valence-corrected chi connectivity index (χ1v) is 8.61. The van der Waals surface area contributed by atoms with Gasteiger partial charge in [0.2, 0.25) is 0 Å². The second-order valence-electron chi connectivity index (χ2n) is 6.10. The minimum absolute atomic E-state index is 0.0798. The van der Waals surface area contributed by atoms with E-state index in [1.807, 2.05) is 25.1 Å². The number of hydrogen-bond acceptors (Lipinski definition) is 5. The lowest BCUT2D eigenvalue weighted by atomic mass is 10.1. The molecule has 1 aromatic heterocycles. The number of carbonyl (C=O) groups excluding carboxylic acids is 1. The Hall–Kier alpha value is -3.15. The molecule has 0 aliphatic heterocycles. The summed E-state index contributed by atoms with van der Waals surface area (Å²) in [5.41, 5.74) is 1.56. The van der Waals surface area contributed by atoms with Crippen LogP contribution in [0, 0.1) is 5.82 Å². The molecule has 0 saturated heterocycles. The molecule has 3 aromatic rings. The third kappa shape index (κ3) is 4.53. The van der Waals surface area contributed by atoms with Gasteiger partial charge in [0.1, 0.15) is 23.8 Å². The van der Waals surface area contributed by atoms with Gasteiger partial charge in [0.15, 0.2) is 6.10 Å². The van der Waals surface area contributed by atoms with Crippen molar-refractivity contribution in [3.05, 3.63) is 75.9 Å². The Morgan fingerprint density at radius 3 is 2.59 bits per heavy atom. The maximum absolute atomic E-state index is 12.9. The first kappa shape index (κ1) is 18.6. The summed E-state index contributed by atoms with van der Waals surface area (Å²) in [5, 5.41) is 0.715. The van der Waals surface area contributed by atoms with Crippen molar-refractivity contribution in [1.29, 1.82) is 0 Å². The molecule has 1 heterocycles. The molecule has 0 spiro atoms. The minimum Gasteiger partial charge on any atom is -0.479 e. The van der Waals surface area contributed by atoms with Crippen molar-refractivity contribution in [3.63, 3.8) is 0 Å². The average Bonchev–Trinajstić information content (AvgIpc) is 2.66. The summed E-state index contributed by atoms with van der Waals surface area (Å²) < 4.78 is 28.9. The number of ether oxygens (including phenoxy) is 2. The highest BCUT2D eigenvalue weighted by Gasteiger charge is 2.17. The van der Waals surface area contributed by atoms with Crippen molar-refractivity contribution in [2.75, 3.05) is 0 Å². The number of fused-ring (bicyclic) bond motifs is 1. The summed E-state index contributed by atoms with van der Waals surface area (Å²) in [4.78, 5) is 24.0. The molecular formula is C21H19FO5. The quantitative estimate of drug-likeness (QED) is 0.485. The molecule has 0 saturated carbocycles. The molecule has 0 N–H and O–H groups in total. The van der Waals surface area contributed by atoms with E-state index in [4.69, 9.17) is 13.9 Å². The molecule has 0 amide bonds. The van der Waals surface area contributed by atoms with Crippen LogP contribution in [0.1, 0.15) is 25.0 Å². The van der Waals surface area contributed by atoms with E-state index in [1.54, 1.807) is 0 Å². The van der Waals surface area contributed by atoms with Crippen molar-refractivity contribution in [2.24, 2.45) is 0 Å². The summed E-state index contributed by atoms with van der Waals surface area (Å²) in [5.74, 6) is -0.622. The summed E-state index contributed by atoms with van der Waals surface area (Å²) in [6.45, 7) is 3.47. The van der Waals surface area contributed by atoms with Crippen LogP contribution in [0.4, 0.5) is 4.39 Å². The van der Waals surface area contributed by atoms with E-state index in [0.29, 0.717) is 22.3 Å². The molecule has 6 heteroatoms. The van der Waals surface area contributed by atoms with Gasteiger partial charge in [-0.1, -0.05) is 19.1 Å². The molecule has 27 heavy (non-hydrogen) atoms. The topological polar surface area (TPSA) is 65.7 Å². The lowest BCUT2D eigenvalue weighted by Crippen LogP contribution is -2.26. The van der Waals surface area contributed by atoms with Crippen LogP contribution in [0.5, 0.6) is 5.75 Å².